The lowest BCUT2D eigenvalue weighted by atomic mass is 9.94. The molecule has 3 aromatic carbocycles. The van der Waals surface area contributed by atoms with Crippen molar-refractivity contribution in [2.75, 3.05) is 0 Å². The predicted octanol–water partition coefficient (Wildman–Crippen LogP) is 6.54. The Morgan fingerprint density at radius 1 is 0.857 bits per heavy atom. The number of benzene rings is 3. The highest BCUT2D eigenvalue weighted by Gasteiger charge is 2.26. The van der Waals surface area contributed by atoms with Gasteiger partial charge in [0.2, 0.25) is 0 Å². The Morgan fingerprint density at radius 3 is 2.18 bits per heavy atom. The molecule has 0 fully saturated rings. The molecule has 0 aliphatic carbocycles. The Hall–Kier alpha value is -2.82. The topological polar surface area (TPSA) is 9.23 Å². The molecule has 1 aliphatic rings. The maximum Gasteiger partial charge on any atom is 0.194 e. The zero-order valence-electron chi connectivity index (χ0n) is 15.2. The van der Waals surface area contributed by atoms with Gasteiger partial charge in [-0.25, -0.2) is 17.6 Å². The molecule has 5 heteroatoms. The third-order valence-corrected chi connectivity index (χ3v) is 5.13. The second-order valence-corrected chi connectivity index (χ2v) is 6.94. The number of hydrogen-bond acceptors (Lipinski definition) is 1. The zero-order valence-corrected chi connectivity index (χ0v) is 15.2. The first-order valence-electron chi connectivity index (χ1n) is 9.19. The van der Waals surface area contributed by atoms with Crippen molar-refractivity contribution in [1.29, 1.82) is 0 Å². The van der Waals surface area contributed by atoms with Crippen LogP contribution in [0.3, 0.4) is 0 Å². The molecule has 1 aliphatic heterocycles. The van der Waals surface area contributed by atoms with E-state index in [-0.39, 0.29) is 11.3 Å². The monoisotopic (exact) mass is 386 g/mol. The van der Waals surface area contributed by atoms with Crippen LogP contribution < -0.4 is 4.74 Å². The number of ether oxygens (including phenoxy) is 1. The molecule has 0 bridgehead atoms. The number of hydrogen-bond donors (Lipinski definition) is 0. The summed E-state index contributed by atoms with van der Waals surface area (Å²) < 4.78 is 60.7. The first-order chi connectivity index (χ1) is 13.5. The first-order valence-corrected chi connectivity index (χ1v) is 9.19. The first kappa shape index (κ1) is 18.5. The Labute approximate surface area is 160 Å². The smallest absolute Gasteiger partial charge is 0.194 e. The summed E-state index contributed by atoms with van der Waals surface area (Å²) in [4.78, 5) is 0. The van der Waals surface area contributed by atoms with E-state index in [9.17, 15) is 17.6 Å². The number of halogens is 4. The summed E-state index contributed by atoms with van der Waals surface area (Å²) >= 11 is 0. The Bertz CT molecular complexity index is 1000. The molecule has 0 N–H and O–H groups in total. The van der Waals surface area contributed by atoms with Crippen molar-refractivity contribution in [1.82, 2.24) is 0 Å². The maximum absolute atomic E-state index is 14.7. The van der Waals surface area contributed by atoms with Crippen LogP contribution in [0.25, 0.3) is 11.1 Å². The summed E-state index contributed by atoms with van der Waals surface area (Å²) in [7, 11) is 0. The van der Waals surface area contributed by atoms with Gasteiger partial charge in [0.1, 0.15) is 6.10 Å². The van der Waals surface area contributed by atoms with Crippen molar-refractivity contribution in [3.8, 4) is 16.9 Å². The van der Waals surface area contributed by atoms with E-state index in [1.165, 1.54) is 11.6 Å². The van der Waals surface area contributed by atoms with Gasteiger partial charge in [-0.15, -0.1) is 0 Å². The molecule has 1 atom stereocenters. The standard InChI is InChI=1S/C23H18F4O/c1-2-13-3-5-14(6-4-13)16-9-15-7-8-21(28-23(15)20(26)10-16)17-11-18(24)22(27)19(25)12-17/h3-6,9-12,21H,2,7-8H2,1H3. The predicted molar refractivity (Wildman–Crippen MR) is 99.2 cm³/mol. The Morgan fingerprint density at radius 2 is 1.54 bits per heavy atom. The van der Waals surface area contributed by atoms with Crippen LogP contribution >= 0.6 is 0 Å². The molecule has 0 saturated carbocycles. The molecule has 4 rings (SSSR count). The van der Waals surface area contributed by atoms with E-state index in [1.807, 2.05) is 30.3 Å². The molecule has 28 heavy (non-hydrogen) atoms. The lowest BCUT2D eigenvalue weighted by molar-refractivity contribution is 0.166. The normalized spacial score (nSPS) is 15.8. The minimum absolute atomic E-state index is 0.0790. The highest BCUT2D eigenvalue weighted by molar-refractivity contribution is 5.66. The highest BCUT2D eigenvalue weighted by atomic mass is 19.2. The van der Waals surface area contributed by atoms with Gasteiger partial charge >= 0.3 is 0 Å². The fraction of sp³-hybridized carbons (Fsp3) is 0.217. The fourth-order valence-electron chi connectivity index (χ4n) is 3.55. The number of fused-ring (bicyclic) bond motifs is 1. The summed E-state index contributed by atoms with van der Waals surface area (Å²) in [6, 6.07) is 13.0. The third kappa shape index (κ3) is 3.37. The second kappa shape index (κ2) is 7.30. The SMILES string of the molecule is CCc1ccc(-c2cc(F)c3c(c2)CCC(c2cc(F)c(F)c(F)c2)O3)cc1. The van der Waals surface area contributed by atoms with E-state index in [0.717, 1.165) is 29.7 Å². The van der Waals surface area contributed by atoms with Gasteiger partial charge < -0.3 is 4.74 Å². The molecule has 0 saturated heterocycles. The molecule has 3 aromatic rings. The molecule has 1 nitrogen and oxygen atoms in total. The third-order valence-electron chi connectivity index (χ3n) is 5.13. The van der Waals surface area contributed by atoms with Gasteiger partial charge in [0.25, 0.3) is 0 Å². The van der Waals surface area contributed by atoms with Gasteiger partial charge in [-0.1, -0.05) is 31.2 Å². The van der Waals surface area contributed by atoms with Crippen molar-refractivity contribution >= 4 is 0 Å². The quantitative estimate of drug-likeness (QED) is 0.367. The number of aryl methyl sites for hydroxylation is 2. The van der Waals surface area contributed by atoms with Crippen LogP contribution in [0.5, 0.6) is 5.75 Å². The van der Waals surface area contributed by atoms with Crippen molar-refractivity contribution < 1.29 is 22.3 Å². The summed E-state index contributed by atoms with van der Waals surface area (Å²) in [5, 5.41) is 0. The number of rotatable bonds is 3. The molecule has 1 unspecified atom stereocenters. The average Bonchev–Trinajstić information content (AvgIpc) is 2.71. The van der Waals surface area contributed by atoms with E-state index >= 15 is 0 Å². The van der Waals surface area contributed by atoms with E-state index in [0.29, 0.717) is 18.4 Å². The van der Waals surface area contributed by atoms with Gasteiger partial charge in [-0.2, -0.15) is 0 Å². The van der Waals surface area contributed by atoms with Crippen LogP contribution in [-0.2, 0) is 12.8 Å². The van der Waals surface area contributed by atoms with Crippen LogP contribution in [0.15, 0.2) is 48.5 Å². The summed E-state index contributed by atoms with van der Waals surface area (Å²) in [6.45, 7) is 2.07. The second-order valence-electron chi connectivity index (χ2n) is 6.94. The highest BCUT2D eigenvalue weighted by Crippen LogP contribution is 2.39. The van der Waals surface area contributed by atoms with Crippen molar-refractivity contribution in [2.45, 2.75) is 32.3 Å². The molecule has 0 amide bonds. The minimum atomic E-state index is -1.52. The largest absolute Gasteiger partial charge is 0.482 e. The molecule has 1 heterocycles. The van der Waals surface area contributed by atoms with E-state index in [2.05, 4.69) is 6.92 Å². The molecule has 144 valence electrons. The Balaban J connectivity index is 1.64. The van der Waals surface area contributed by atoms with E-state index in [1.54, 1.807) is 0 Å². The summed E-state index contributed by atoms with van der Waals surface area (Å²) in [5.41, 5.74) is 3.71. The maximum atomic E-state index is 14.7. The van der Waals surface area contributed by atoms with Crippen molar-refractivity contribution in [3.05, 3.63) is 88.5 Å². The van der Waals surface area contributed by atoms with Crippen LogP contribution in [0.4, 0.5) is 17.6 Å². The molecule has 0 radical (unpaired) electrons. The molecule has 0 spiro atoms. The van der Waals surface area contributed by atoms with Gasteiger partial charge in [-0.05, 0) is 71.3 Å². The van der Waals surface area contributed by atoms with Crippen LogP contribution in [0, 0.1) is 23.3 Å². The molecule has 0 aromatic heterocycles. The van der Waals surface area contributed by atoms with Crippen molar-refractivity contribution in [3.63, 3.8) is 0 Å². The van der Waals surface area contributed by atoms with Gasteiger partial charge in [0.15, 0.2) is 29.0 Å². The lowest BCUT2D eigenvalue weighted by Gasteiger charge is -2.27. The van der Waals surface area contributed by atoms with Gasteiger partial charge in [0.05, 0.1) is 0 Å². The van der Waals surface area contributed by atoms with Gasteiger partial charge in [0, 0.05) is 0 Å². The van der Waals surface area contributed by atoms with Crippen molar-refractivity contribution in [2.24, 2.45) is 0 Å². The zero-order chi connectivity index (χ0) is 19.8. The van der Waals surface area contributed by atoms with Crippen LogP contribution in [0.2, 0.25) is 0 Å². The average molecular weight is 386 g/mol. The molecular weight excluding hydrogens is 368 g/mol. The molecular formula is C23H18F4O. The summed E-state index contributed by atoms with van der Waals surface area (Å²) in [5.74, 6) is -4.54. The lowest BCUT2D eigenvalue weighted by Crippen LogP contribution is -2.17. The van der Waals surface area contributed by atoms with Crippen LogP contribution in [0.1, 0.15) is 36.1 Å². The minimum Gasteiger partial charge on any atom is -0.482 e. The van der Waals surface area contributed by atoms with E-state index in [4.69, 9.17) is 4.74 Å². The Kier molecular flexibility index (Phi) is 4.84. The van der Waals surface area contributed by atoms with Crippen LogP contribution in [-0.4, -0.2) is 0 Å². The van der Waals surface area contributed by atoms with Gasteiger partial charge in [-0.3, -0.25) is 0 Å². The fourth-order valence-corrected chi connectivity index (χ4v) is 3.55. The summed E-state index contributed by atoms with van der Waals surface area (Å²) in [6.07, 6.45) is 1.09. The van der Waals surface area contributed by atoms with E-state index < -0.39 is 29.4 Å².